The Morgan fingerprint density at radius 1 is 0.618 bits per heavy atom. The third kappa shape index (κ3) is 39.2. The molecule has 1 amide bonds. The molecule has 3 unspecified atom stereocenters. The van der Waals surface area contributed by atoms with E-state index in [-0.39, 0.29) is 25.7 Å². The van der Waals surface area contributed by atoms with E-state index in [0.717, 1.165) is 96.3 Å². The number of allylic oxidation sites excluding steroid dienone is 17. The molecule has 8 nitrogen and oxygen atoms in total. The molecule has 312 valence electrons. The predicted octanol–water partition coefficient (Wildman–Crippen LogP) is 11.8. The Morgan fingerprint density at radius 2 is 1.07 bits per heavy atom. The molecule has 0 heterocycles. The number of nitrogens with one attached hydrogen (secondary N) is 1. The van der Waals surface area contributed by atoms with Gasteiger partial charge in [-0.2, -0.15) is 0 Å². The van der Waals surface area contributed by atoms with Crippen LogP contribution in [-0.2, 0) is 18.4 Å². The van der Waals surface area contributed by atoms with Gasteiger partial charge in [-0.05, 0) is 96.3 Å². The lowest BCUT2D eigenvalue weighted by molar-refractivity contribution is -0.123. The van der Waals surface area contributed by atoms with Crippen molar-refractivity contribution in [3.8, 4) is 0 Å². The van der Waals surface area contributed by atoms with Gasteiger partial charge in [0.2, 0.25) is 5.91 Å². The number of aliphatic hydroxyl groups excluding tert-OH is 1. The van der Waals surface area contributed by atoms with Crippen LogP contribution in [0.1, 0.15) is 142 Å². The molecule has 9 heteroatoms. The van der Waals surface area contributed by atoms with Crippen molar-refractivity contribution < 1.29 is 28.4 Å². The Balaban J connectivity index is 4.35. The molecule has 0 radical (unpaired) electrons. The Kier molecular flexibility index (Phi) is 38.7. The molecule has 55 heavy (non-hydrogen) atoms. The lowest BCUT2D eigenvalue weighted by atomic mass is 10.1. The molecular formula is C46H77N2O6P. The van der Waals surface area contributed by atoms with Crippen LogP contribution in [0.15, 0.2) is 109 Å². The molecule has 3 atom stereocenters. The maximum absolute atomic E-state index is 12.7. The summed E-state index contributed by atoms with van der Waals surface area (Å²) in [5.41, 5.74) is 5.36. The molecule has 0 aromatic carbocycles. The number of hydrogen-bond acceptors (Lipinski definition) is 6. The van der Waals surface area contributed by atoms with Crippen LogP contribution >= 0.6 is 7.82 Å². The molecule has 0 saturated heterocycles. The third-order valence-corrected chi connectivity index (χ3v) is 9.29. The molecule has 0 saturated carbocycles. The Morgan fingerprint density at radius 3 is 1.60 bits per heavy atom. The van der Waals surface area contributed by atoms with Crippen LogP contribution in [0.2, 0.25) is 0 Å². The molecule has 0 aliphatic carbocycles. The Hall–Kier alpha value is -2.84. The molecule has 0 aliphatic rings. The van der Waals surface area contributed by atoms with Gasteiger partial charge < -0.3 is 21.1 Å². The first kappa shape index (κ1) is 52.2. The van der Waals surface area contributed by atoms with Crippen molar-refractivity contribution in [1.29, 1.82) is 0 Å². The molecule has 0 aromatic heterocycles. The lowest BCUT2D eigenvalue weighted by Gasteiger charge is -2.23. The first-order valence-corrected chi connectivity index (χ1v) is 22.5. The monoisotopic (exact) mass is 785 g/mol. The number of amides is 1. The Labute approximate surface area is 335 Å². The van der Waals surface area contributed by atoms with Gasteiger partial charge in [-0.25, -0.2) is 4.57 Å². The van der Waals surface area contributed by atoms with Crippen LogP contribution in [0.25, 0.3) is 0 Å². The van der Waals surface area contributed by atoms with E-state index in [9.17, 15) is 19.4 Å². The second kappa shape index (κ2) is 40.8. The van der Waals surface area contributed by atoms with Crippen LogP contribution < -0.4 is 11.1 Å². The summed E-state index contributed by atoms with van der Waals surface area (Å²) in [5, 5.41) is 13.6. The van der Waals surface area contributed by atoms with Crippen molar-refractivity contribution in [2.75, 3.05) is 19.8 Å². The van der Waals surface area contributed by atoms with E-state index in [1.165, 1.54) is 19.3 Å². The van der Waals surface area contributed by atoms with Crippen LogP contribution in [0.5, 0.6) is 0 Å². The number of carbonyl (C=O) groups excluding carboxylic acids is 1. The third-order valence-electron chi connectivity index (χ3n) is 8.31. The minimum atomic E-state index is -4.36. The van der Waals surface area contributed by atoms with E-state index in [2.05, 4.69) is 116 Å². The summed E-state index contributed by atoms with van der Waals surface area (Å²) >= 11 is 0. The van der Waals surface area contributed by atoms with Crippen molar-refractivity contribution in [2.45, 2.75) is 154 Å². The van der Waals surface area contributed by atoms with Crippen molar-refractivity contribution in [3.05, 3.63) is 109 Å². The van der Waals surface area contributed by atoms with Gasteiger partial charge in [0.1, 0.15) is 0 Å². The summed E-state index contributed by atoms with van der Waals surface area (Å²) in [7, 11) is -4.36. The zero-order valence-corrected chi connectivity index (χ0v) is 35.3. The highest BCUT2D eigenvalue weighted by Crippen LogP contribution is 2.43. The molecule has 0 rings (SSSR count). The number of phosphoric acid groups is 1. The summed E-state index contributed by atoms with van der Waals surface area (Å²) < 4.78 is 22.1. The maximum atomic E-state index is 12.7. The van der Waals surface area contributed by atoms with Gasteiger partial charge in [0, 0.05) is 13.0 Å². The summed E-state index contributed by atoms with van der Waals surface area (Å²) in [5.74, 6) is -0.240. The number of nitrogens with two attached hydrogens (primary N) is 1. The minimum absolute atomic E-state index is 0.0605. The van der Waals surface area contributed by atoms with Gasteiger partial charge in [0.25, 0.3) is 0 Å². The number of hydrogen-bond donors (Lipinski definition) is 4. The number of unbranched alkanes of at least 4 members (excludes halogenated alkanes) is 9. The summed E-state index contributed by atoms with van der Waals surface area (Å²) in [6.07, 6.45) is 57.1. The second-order valence-corrected chi connectivity index (χ2v) is 14.9. The van der Waals surface area contributed by atoms with Gasteiger partial charge in [-0.15, -0.1) is 0 Å². The number of rotatable bonds is 37. The molecule has 0 spiro atoms. The quantitative estimate of drug-likeness (QED) is 0.0280. The summed E-state index contributed by atoms with van der Waals surface area (Å²) in [6.45, 7) is 3.90. The fourth-order valence-electron chi connectivity index (χ4n) is 5.16. The fraction of sp³-hybridized carbons (Fsp3) is 0.587. The van der Waals surface area contributed by atoms with E-state index in [0.29, 0.717) is 12.8 Å². The molecular weight excluding hydrogens is 707 g/mol. The first-order chi connectivity index (χ1) is 26.9. The van der Waals surface area contributed by atoms with Gasteiger partial charge in [0.15, 0.2) is 0 Å². The molecule has 0 aliphatic heterocycles. The largest absolute Gasteiger partial charge is 0.472 e. The maximum Gasteiger partial charge on any atom is 0.472 e. The van der Waals surface area contributed by atoms with Crippen molar-refractivity contribution in [2.24, 2.45) is 5.73 Å². The van der Waals surface area contributed by atoms with Crippen LogP contribution in [0, 0.1) is 0 Å². The van der Waals surface area contributed by atoms with Crippen LogP contribution in [0.3, 0.4) is 0 Å². The summed E-state index contributed by atoms with van der Waals surface area (Å²) in [4.78, 5) is 22.7. The number of carbonyl (C=O) groups is 1. The standard InChI is InChI=1S/C46H77N2O6P/c1-3-5-7-9-11-13-15-17-18-19-20-21-22-23-24-25-26-28-30-32-34-36-38-40-46(50)48-44(43-54-55(51,52)53-42-41-47)45(49)39-37-35-33-31-29-27-16-14-12-10-8-6-4-2/h5,7,11-14,17-18,20-21,23-24,26,28-29,31,37,39,44-45,49H,3-4,6,8-10,15-16,19,22,25,27,30,32-36,38,40-43,47H2,1-2H3,(H,48,50)(H,51,52)/b7-5-,13-11-,14-12+,18-17-,21-20-,24-23-,28-26-,31-29+,39-37+. The number of phosphoric ester groups is 1. The van der Waals surface area contributed by atoms with E-state index in [1.807, 2.05) is 6.08 Å². The average molecular weight is 785 g/mol. The SMILES string of the molecule is CC/C=C\C/C=C\C/C=C\C/C=C\C/C=C\C/C=C\CCCCCCC(=O)NC(COP(=O)(O)OCCN)C(O)/C=C/CC/C=C/CC/C=C/CCCCC. The van der Waals surface area contributed by atoms with E-state index < -0.39 is 20.0 Å². The smallest absolute Gasteiger partial charge is 0.387 e. The zero-order chi connectivity index (χ0) is 40.3. The van der Waals surface area contributed by atoms with Crippen molar-refractivity contribution >= 4 is 13.7 Å². The van der Waals surface area contributed by atoms with Gasteiger partial charge in [-0.3, -0.25) is 13.8 Å². The number of aliphatic hydroxyl groups is 1. The first-order valence-electron chi connectivity index (χ1n) is 21.0. The van der Waals surface area contributed by atoms with Crippen molar-refractivity contribution in [3.63, 3.8) is 0 Å². The van der Waals surface area contributed by atoms with Gasteiger partial charge in [0.05, 0.1) is 25.4 Å². The fourth-order valence-corrected chi connectivity index (χ4v) is 5.92. The summed E-state index contributed by atoms with van der Waals surface area (Å²) in [6, 6.07) is -0.904. The highest BCUT2D eigenvalue weighted by molar-refractivity contribution is 7.47. The topological polar surface area (TPSA) is 131 Å². The van der Waals surface area contributed by atoms with Gasteiger partial charge in [-0.1, -0.05) is 149 Å². The van der Waals surface area contributed by atoms with Crippen LogP contribution in [0.4, 0.5) is 0 Å². The highest BCUT2D eigenvalue weighted by Gasteiger charge is 2.26. The van der Waals surface area contributed by atoms with Crippen LogP contribution in [-0.4, -0.2) is 47.8 Å². The van der Waals surface area contributed by atoms with Crippen molar-refractivity contribution in [1.82, 2.24) is 5.32 Å². The molecule has 0 fully saturated rings. The highest BCUT2D eigenvalue weighted by atomic mass is 31.2. The normalized spacial score (nSPS) is 15.2. The Bertz CT molecular complexity index is 1220. The minimum Gasteiger partial charge on any atom is -0.387 e. The lowest BCUT2D eigenvalue weighted by Crippen LogP contribution is -2.45. The average Bonchev–Trinajstić information content (AvgIpc) is 3.17. The molecule has 5 N–H and O–H groups in total. The molecule has 0 bridgehead atoms. The van der Waals surface area contributed by atoms with E-state index >= 15 is 0 Å². The molecule has 0 aromatic rings. The van der Waals surface area contributed by atoms with E-state index in [1.54, 1.807) is 6.08 Å². The second-order valence-electron chi connectivity index (χ2n) is 13.4. The van der Waals surface area contributed by atoms with Gasteiger partial charge >= 0.3 is 7.82 Å². The van der Waals surface area contributed by atoms with E-state index in [4.69, 9.17) is 14.8 Å². The zero-order valence-electron chi connectivity index (χ0n) is 34.4. The predicted molar refractivity (Wildman–Crippen MR) is 235 cm³/mol.